The number of halogens is 3. The molecule has 172 valence electrons. The van der Waals surface area contributed by atoms with Gasteiger partial charge < -0.3 is 5.32 Å². The number of aryl methyl sites for hydroxylation is 1. The lowest BCUT2D eigenvalue weighted by molar-refractivity contribution is -0.203. The fraction of sp³-hybridized carbons (Fsp3) is 0.474. The molecule has 2 aromatic heterocycles. The molecular formula is C19H21F3N6O3S. The highest BCUT2D eigenvalue weighted by molar-refractivity contribution is 7.17. The normalized spacial score (nSPS) is 19.6. The highest BCUT2D eigenvalue weighted by Gasteiger charge is 2.47. The molecule has 0 spiro atoms. The van der Waals surface area contributed by atoms with E-state index in [0.29, 0.717) is 22.2 Å². The molecule has 2 aliphatic heterocycles. The number of carbonyl (C=O) groups excluding carboxylic acids is 1. The van der Waals surface area contributed by atoms with Crippen LogP contribution in [0, 0.1) is 0 Å². The first-order valence-corrected chi connectivity index (χ1v) is 10.7. The first-order chi connectivity index (χ1) is 15.1. The van der Waals surface area contributed by atoms with Crippen LogP contribution in [0.5, 0.6) is 0 Å². The highest BCUT2D eigenvalue weighted by atomic mass is 32.1. The van der Waals surface area contributed by atoms with Crippen molar-refractivity contribution in [3.05, 3.63) is 43.7 Å². The highest BCUT2D eigenvalue weighted by Crippen LogP contribution is 2.34. The standard InChI is InChI=1S/C19H21F3N6O3S/c1-25-16(30)15-11(9-32-17(15)26(2)18(25)31)6-14(29)24-12-7-23-10-27(8-12)28-5-3-4-13(28)19(20,21)22/h7-9,13H,3-6,10H2,1-2H3,(H,24,29)/t13-/m0/s1. The van der Waals surface area contributed by atoms with Crippen molar-refractivity contribution in [2.45, 2.75) is 31.5 Å². The number of nitrogens with one attached hydrogen (secondary N) is 1. The summed E-state index contributed by atoms with van der Waals surface area (Å²) in [7, 11) is 2.92. The average Bonchev–Trinajstić information content (AvgIpc) is 3.38. The van der Waals surface area contributed by atoms with Gasteiger partial charge in [-0.2, -0.15) is 13.2 Å². The number of hydrogen-bond acceptors (Lipinski definition) is 7. The summed E-state index contributed by atoms with van der Waals surface area (Å²) < 4.78 is 42.2. The summed E-state index contributed by atoms with van der Waals surface area (Å²) in [4.78, 5) is 41.8. The third-order valence-corrected chi connectivity index (χ3v) is 6.66. The second-order valence-corrected chi connectivity index (χ2v) is 8.57. The molecule has 4 rings (SSSR count). The van der Waals surface area contributed by atoms with E-state index in [2.05, 4.69) is 10.3 Å². The third kappa shape index (κ3) is 3.97. The summed E-state index contributed by atoms with van der Waals surface area (Å²) in [6.07, 6.45) is -1.22. The van der Waals surface area contributed by atoms with E-state index in [4.69, 9.17) is 0 Å². The molecule has 0 aromatic carbocycles. The first-order valence-electron chi connectivity index (χ1n) is 9.85. The van der Waals surface area contributed by atoms with Crippen molar-refractivity contribution in [1.29, 1.82) is 0 Å². The third-order valence-electron chi connectivity index (χ3n) is 5.56. The van der Waals surface area contributed by atoms with Crippen LogP contribution < -0.4 is 16.6 Å². The maximum atomic E-state index is 13.3. The largest absolute Gasteiger partial charge is 0.405 e. The molecule has 1 atom stereocenters. The van der Waals surface area contributed by atoms with Crippen LogP contribution in [0.4, 0.5) is 13.2 Å². The van der Waals surface area contributed by atoms with Gasteiger partial charge in [-0.25, -0.2) is 9.80 Å². The summed E-state index contributed by atoms with van der Waals surface area (Å²) in [6.45, 7) is 0.283. The second kappa shape index (κ2) is 8.20. The van der Waals surface area contributed by atoms with E-state index in [1.165, 1.54) is 45.4 Å². The molecule has 13 heteroatoms. The number of rotatable bonds is 4. The van der Waals surface area contributed by atoms with Gasteiger partial charge in [-0.05, 0) is 23.8 Å². The lowest BCUT2D eigenvalue weighted by atomic mass is 10.1. The van der Waals surface area contributed by atoms with E-state index < -0.39 is 29.4 Å². The molecule has 4 heterocycles. The number of aliphatic imine (C=N–C) groups is 1. The Hall–Kier alpha value is -2.93. The molecule has 2 aliphatic rings. The van der Waals surface area contributed by atoms with Crippen molar-refractivity contribution in [1.82, 2.24) is 24.5 Å². The van der Waals surface area contributed by atoms with Gasteiger partial charge in [0.1, 0.15) is 17.5 Å². The minimum atomic E-state index is -4.35. The molecular weight excluding hydrogens is 449 g/mol. The molecule has 0 bridgehead atoms. The fourth-order valence-electron chi connectivity index (χ4n) is 4.00. The Labute approximate surface area is 184 Å². The number of nitrogens with zero attached hydrogens (tertiary/aromatic N) is 5. The number of aromatic nitrogens is 2. The zero-order valence-electron chi connectivity index (χ0n) is 17.3. The van der Waals surface area contributed by atoms with Crippen LogP contribution in [0.2, 0.25) is 0 Å². The Bertz CT molecular complexity index is 1240. The fourth-order valence-corrected chi connectivity index (χ4v) is 5.03. The van der Waals surface area contributed by atoms with Crippen molar-refractivity contribution >= 4 is 33.7 Å². The van der Waals surface area contributed by atoms with E-state index in [1.807, 2.05) is 0 Å². The van der Waals surface area contributed by atoms with Crippen LogP contribution in [0.1, 0.15) is 18.4 Å². The minimum Gasteiger partial charge on any atom is -0.323 e. The zero-order chi connectivity index (χ0) is 23.2. The molecule has 2 aromatic rings. The number of thiophene rings is 1. The molecule has 1 saturated heterocycles. The van der Waals surface area contributed by atoms with Gasteiger partial charge in [0.05, 0.1) is 17.5 Å². The Kier molecular flexibility index (Phi) is 5.71. The van der Waals surface area contributed by atoms with Crippen LogP contribution in [0.25, 0.3) is 10.2 Å². The van der Waals surface area contributed by atoms with Gasteiger partial charge in [0.25, 0.3) is 5.56 Å². The molecule has 0 unspecified atom stereocenters. The molecule has 0 radical (unpaired) electrons. The minimum absolute atomic E-state index is 0.0158. The zero-order valence-corrected chi connectivity index (χ0v) is 18.2. The Morgan fingerprint density at radius 3 is 2.75 bits per heavy atom. The summed E-state index contributed by atoms with van der Waals surface area (Å²) in [5.74, 6) is -0.450. The van der Waals surface area contributed by atoms with Crippen LogP contribution >= 0.6 is 11.3 Å². The number of allylic oxidation sites excluding steroid dienone is 1. The van der Waals surface area contributed by atoms with Crippen molar-refractivity contribution in [2.75, 3.05) is 13.2 Å². The van der Waals surface area contributed by atoms with Crippen molar-refractivity contribution in [3.8, 4) is 0 Å². The van der Waals surface area contributed by atoms with Crippen molar-refractivity contribution in [2.24, 2.45) is 19.1 Å². The van der Waals surface area contributed by atoms with Crippen LogP contribution in [-0.2, 0) is 25.3 Å². The first kappa shape index (κ1) is 22.3. The van der Waals surface area contributed by atoms with Gasteiger partial charge in [0.2, 0.25) is 5.91 Å². The van der Waals surface area contributed by atoms with Crippen LogP contribution in [0.3, 0.4) is 0 Å². The van der Waals surface area contributed by atoms with E-state index in [9.17, 15) is 27.6 Å². The van der Waals surface area contributed by atoms with Crippen LogP contribution in [-0.4, -0.2) is 56.7 Å². The summed E-state index contributed by atoms with van der Waals surface area (Å²) >= 11 is 1.19. The maximum absolute atomic E-state index is 13.3. The Morgan fingerprint density at radius 2 is 2.03 bits per heavy atom. The molecule has 0 aliphatic carbocycles. The van der Waals surface area contributed by atoms with E-state index in [-0.39, 0.29) is 31.8 Å². The van der Waals surface area contributed by atoms with E-state index in [1.54, 1.807) is 12.4 Å². The monoisotopic (exact) mass is 470 g/mol. The number of alkyl halides is 3. The summed E-state index contributed by atoms with van der Waals surface area (Å²) in [6, 6.07) is -1.58. The number of hydrazine groups is 1. The van der Waals surface area contributed by atoms with Gasteiger partial charge in [-0.1, -0.05) is 0 Å². The summed E-state index contributed by atoms with van der Waals surface area (Å²) in [5.41, 5.74) is -0.207. The molecule has 1 fully saturated rings. The van der Waals surface area contributed by atoms with Crippen molar-refractivity contribution in [3.63, 3.8) is 0 Å². The van der Waals surface area contributed by atoms with Crippen LogP contribution in [0.15, 0.2) is 31.9 Å². The Morgan fingerprint density at radius 1 is 1.28 bits per heavy atom. The molecule has 1 N–H and O–H groups in total. The van der Waals surface area contributed by atoms with Crippen molar-refractivity contribution < 1.29 is 18.0 Å². The van der Waals surface area contributed by atoms with Gasteiger partial charge in [0.15, 0.2) is 0 Å². The van der Waals surface area contributed by atoms with Gasteiger partial charge in [-0.15, -0.1) is 11.3 Å². The second-order valence-electron chi connectivity index (χ2n) is 7.71. The average molecular weight is 470 g/mol. The molecule has 0 saturated carbocycles. The Balaban J connectivity index is 1.52. The van der Waals surface area contributed by atoms with E-state index in [0.717, 1.165) is 4.57 Å². The quantitative estimate of drug-likeness (QED) is 0.722. The SMILES string of the molecule is Cn1c(=O)c2c(CC(=O)NC3=CN(N4CCC[C@H]4C(F)(F)F)CN=C3)csc2n(C)c1=O. The number of carbonyl (C=O) groups is 1. The molecule has 1 amide bonds. The van der Waals surface area contributed by atoms with E-state index >= 15 is 0 Å². The number of hydrogen-bond donors (Lipinski definition) is 1. The molecule has 9 nitrogen and oxygen atoms in total. The maximum Gasteiger partial charge on any atom is 0.405 e. The smallest absolute Gasteiger partial charge is 0.323 e. The van der Waals surface area contributed by atoms with Gasteiger partial charge >= 0.3 is 11.9 Å². The van der Waals surface area contributed by atoms with Gasteiger partial charge in [0, 0.05) is 33.1 Å². The molecule has 32 heavy (non-hydrogen) atoms. The van der Waals surface area contributed by atoms with Gasteiger partial charge in [-0.3, -0.25) is 28.7 Å². The predicted molar refractivity (Wildman–Crippen MR) is 113 cm³/mol. The lowest BCUT2D eigenvalue weighted by Gasteiger charge is -2.36. The predicted octanol–water partition coefficient (Wildman–Crippen LogP) is 1.08. The number of fused-ring (bicyclic) bond motifs is 1. The number of amides is 1. The topological polar surface area (TPSA) is 91.9 Å². The lowest BCUT2D eigenvalue weighted by Crippen LogP contribution is -2.50. The summed E-state index contributed by atoms with van der Waals surface area (Å²) in [5, 5.41) is 7.18.